The molecule has 2 aromatic heterocycles. The van der Waals surface area contributed by atoms with E-state index < -0.39 is 0 Å². The van der Waals surface area contributed by atoms with Gasteiger partial charge in [0.25, 0.3) is 5.91 Å². The number of hydrogen-bond donors (Lipinski definition) is 1. The molecule has 2 aromatic carbocycles. The Kier molecular flexibility index (Phi) is 5.47. The second-order valence-electron chi connectivity index (χ2n) is 7.10. The Balaban J connectivity index is 1.64. The number of carbonyl (C=O) groups excluding carboxylic acids is 1. The molecule has 1 amide bonds. The van der Waals surface area contributed by atoms with Crippen LogP contribution in [0, 0.1) is 13.8 Å². The number of aromatic nitrogens is 2. The molecule has 4 rings (SSSR count). The van der Waals surface area contributed by atoms with Gasteiger partial charge in [0.15, 0.2) is 0 Å². The van der Waals surface area contributed by atoms with Crippen molar-refractivity contribution in [1.82, 2.24) is 9.55 Å². The van der Waals surface area contributed by atoms with Crippen molar-refractivity contribution < 1.29 is 9.53 Å². The van der Waals surface area contributed by atoms with Crippen molar-refractivity contribution in [3.05, 3.63) is 70.7 Å². The fourth-order valence-electron chi connectivity index (χ4n) is 3.55. The van der Waals surface area contributed by atoms with Gasteiger partial charge in [0.05, 0.1) is 12.3 Å². The Morgan fingerprint density at radius 2 is 1.90 bits per heavy atom. The van der Waals surface area contributed by atoms with Gasteiger partial charge in [-0.25, -0.2) is 4.98 Å². The van der Waals surface area contributed by atoms with Crippen LogP contribution < -0.4 is 5.32 Å². The lowest BCUT2D eigenvalue weighted by molar-refractivity contribution is 0.102. The summed E-state index contributed by atoms with van der Waals surface area (Å²) in [6.45, 7) is 5.37. The van der Waals surface area contributed by atoms with Crippen LogP contribution in [0.2, 0.25) is 0 Å². The van der Waals surface area contributed by atoms with Crippen molar-refractivity contribution >= 4 is 33.8 Å². The third kappa shape index (κ3) is 4.09. The first kappa shape index (κ1) is 19.4. The van der Waals surface area contributed by atoms with Gasteiger partial charge in [0, 0.05) is 35.6 Å². The molecule has 5 nitrogen and oxygen atoms in total. The van der Waals surface area contributed by atoms with Gasteiger partial charge in [-0.1, -0.05) is 24.3 Å². The van der Waals surface area contributed by atoms with Crippen molar-refractivity contribution in [2.24, 2.45) is 0 Å². The number of fused-ring (bicyclic) bond motifs is 1. The van der Waals surface area contributed by atoms with E-state index in [4.69, 9.17) is 4.74 Å². The number of anilines is 1. The van der Waals surface area contributed by atoms with E-state index in [2.05, 4.69) is 39.1 Å². The van der Waals surface area contributed by atoms with Gasteiger partial charge in [-0.2, -0.15) is 0 Å². The van der Waals surface area contributed by atoms with Crippen LogP contribution in [0.3, 0.4) is 0 Å². The van der Waals surface area contributed by atoms with Crippen molar-refractivity contribution in [2.45, 2.75) is 20.4 Å². The Labute approximate surface area is 174 Å². The topological polar surface area (TPSA) is 56.2 Å². The van der Waals surface area contributed by atoms with Gasteiger partial charge in [-0.15, -0.1) is 11.3 Å². The number of ether oxygens (including phenoxy) is 1. The van der Waals surface area contributed by atoms with Crippen LogP contribution in [0.15, 0.2) is 53.9 Å². The lowest BCUT2D eigenvalue weighted by Gasteiger charge is -2.08. The molecule has 0 fully saturated rings. The largest absolute Gasteiger partial charge is 0.383 e. The minimum absolute atomic E-state index is 0.197. The molecule has 0 saturated carbocycles. The third-order valence-electron chi connectivity index (χ3n) is 4.77. The second kappa shape index (κ2) is 8.19. The van der Waals surface area contributed by atoms with Crippen molar-refractivity contribution in [3.63, 3.8) is 0 Å². The molecule has 1 N–H and O–H groups in total. The zero-order valence-electron chi connectivity index (χ0n) is 16.7. The maximum atomic E-state index is 12.7. The minimum atomic E-state index is -0.197. The molecule has 0 aliphatic heterocycles. The highest BCUT2D eigenvalue weighted by atomic mass is 32.1. The monoisotopic (exact) mass is 405 g/mol. The molecule has 0 aliphatic rings. The number of amides is 1. The number of thiazole rings is 1. The lowest BCUT2D eigenvalue weighted by atomic mass is 10.1. The van der Waals surface area contributed by atoms with Gasteiger partial charge in [0.1, 0.15) is 10.7 Å². The second-order valence-corrected chi connectivity index (χ2v) is 7.96. The molecular formula is C23H23N3O2S. The van der Waals surface area contributed by atoms with Gasteiger partial charge >= 0.3 is 0 Å². The van der Waals surface area contributed by atoms with Crippen LogP contribution in [0.1, 0.15) is 21.6 Å². The molecule has 4 aromatic rings. The van der Waals surface area contributed by atoms with E-state index in [1.54, 1.807) is 7.11 Å². The number of carbonyl (C=O) groups is 1. The zero-order chi connectivity index (χ0) is 20.4. The summed E-state index contributed by atoms with van der Waals surface area (Å²) in [6.07, 6.45) is 0. The number of methoxy groups -OCH3 is 1. The summed E-state index contributed by atoms with van der Waals surface area (Å²) >= 11 is 1.48. The number of aryl methyl sites for hydroxylation is 2. The molecule has 0 saturated heterocycles. The summed E-state index contributed by atoms with van der Waals surface area (Å²) in [5.74, 6) is -0.197. The molecule has 0 unspecified atom stereocenters. The average Bonchev–Trinajstić information content (AvgIpc) is 3.30. The van der Waals surface area contributed by atoms with Crippen LogP contribution in [0.25, 0.3) is 21.6 Å². The van der Waals surface area contributed by atoms with E-state index >= 15 is 0 Å². The van der Waals surface area contributed by atoms with E-state index in [0.717, 1.165) is 45.0 Å². The quantitative estimate of drug-likeness (QED) is 0.475. The Hall–Kier alpha value is -2.96. The average molecular weight is 406 g/mol. The van der Waals surface area contributed by atoms with E-state index in [1.807, 2.05) is 43.5 Å². The maximum absolute atomic E-state index is 12.7. The van der Waals surface area contributed by atoms with Gasteiger partial charge in [0.2, 0.25) is 0 Å². The van der Waals surface area contributed by atoms with Crippen LogP contribution in [0.4, 0.5) is 5.69 Å². The number of para-hydroxylation sites is 1. The SMILES string of the molecule is COCCn1c(-c2nc(C(=O)Nc3cc(C)cc(C)c3)cs2)cc2ccccc21. The third-order valence-corrected chi connectivity index (χ3v) is 5.63. The fourth-order valence-corrected chi connectivity index (χ4v) is 4.37. The summed E-state index contributed by atoms with van der Waals surface area (Å²) in [5.41, 5.74) is 5.57. The van der Waals surface area contributed by atoms with E-state index in [-0.39, 0.29) is 5.91 Å². The summed E-state index contributed by atoms with van der Waals surface area (Å²) in [5, 5.41) is 6.74. The number of nitrogens with one attached hydrogen (secondary N) is 1. The van der Waals surface area contributed by atoms with Crippen molar-refractivity contribution in [1.29, 1.82) is 0 Å². The Bertz CT molecular complexity index is 1160. The van der Waals surface area contributed by atoms with E-state index in [9.17, 15) is 4.79 Å². The number of hydrogen-bond acceptors (Lipinski definition) is 4. The molecule has 2 heterocycles. The van der Waals surface area contributed by atoms with Gasteiger partial charge < -0.3 is 14.6 Å². The first-order valence-electron chi connectivity index (χ1n) is 9.48. The van der Waals surface area contributed by atoms with E-state index in [1.165, 1.54) is 11.3 Å². The Morgan fingerprint density at radius 3 is 2.66 bits per heavy atom. The molecule has 0 bridgehead atoms. The predicted molar refractivity (Wildman–Crippen MR) is 119 cm³/mol. The highest BCUT2D eigenvalue weighted by molar-refractivity contribution is 7.13. The molecule has 29 heavy (non-hydrogen) atoms. The van der Waals surface area contributed by atoms with Gasteiger partial charge in [-0.05, 0) is 49.2 Å². The van der Waals surface area contributed by atoms with Crippen molar-refractivity contribution in [2.75, 3.05) is 19.0 Å². The zero-order valence-corrected chi connectivity index (χ0v) is 17.5. The first-order chi connectivity index (χ1) is 14.0. The molecular weight excluding hydrogens is 382 g/mol. The molecule has 0 spiro atoms. The summed E-state index contributed by atoms with van der Waals surface area (Å²) < 4.78 is 7.48. The molecule has 0 aliphatic carbocycles. The maximum Gasteiger partial charge on any atom is 0.275 e. The highest BCUT2D eigenvalue weighted by Gasteiger charge is 2.17. The number of benzene rings is 2. The van der Waals surface area contributed by atoms with Crippen LogP contribution in [-0.4, -0.2) is 29.2 Å². The lowest BCUT2D eigenvalue weighted by Crippen LogP contribution is -2.12. The normalized spacial score (nSPS) is 11.1. The minimum Gasteiger partial charge on any atom is -0.383 e. The number of rotatable bonds is 6. The molecule has 0 radical (unpaired) electrons. The first-order valence-corrected chi connectivity index (χ1v) is 10.4. The number of nitrogens with zero attached hydrogens (tertiary/aromatic N) is 2. The summed E-state index contributed by atoms with van der Waals surface area (Å²) in [4.78, 5) is 17.3. The standard InChI is InChI=1S/C23H23N3O2S/c1-15-10-16(2)12-18(11-15)24-22(27)19-14-29-23(25-19)21-13-17-6-4-5-7-20(17)26(21)8-9-28-3/h4-7,10-14H,8-9H2,1-3H3,(H,24,27). The fraction of sp³-hybridized carbons (Fsp3) is 0.217. The van der Waals surface area contributed by atoms with E-state index in [0.29, 0.717) is 12.3 Å². The van der Waals surface area contributed by atoms with Crippen LogP contribution in [0.5, 0.6) is 0 Å². The Morgan fingerprint density at radius 1 is 1.14 bits per heavy atom. The summed E-state index contributed by atoms with van der Waals surface area (Å²) in [7, 11) is 1.70. The van der Waals surface area contributed by atoms with Gasteiger partial charge in [-0.3, -0.25) is 4.79 Å². The molecule has 148 valence electrons. The van der Waals surface area contributed by atoms with Crippen molar-refractivity contribution in [3.8, 4) is 10.7 Å². The smallest absolute Gasteiger partial charge is 0.275 e. The van der Waals surface area contributed by atoms with Crippen LogP contribution in [-0.2, 0) is 11.3 Å². The predicted octanol–water partition coefficient (Wildman–Crippen LogP) is 5.28. The highest BCUT2D eigenvalue weighted by Crippen LogP contribution is 2.30. The van der Waals surface area contributed by atoms with Crippen LogP contribution >= 0.6 is 11.3 Å². The molecule has 0 atom stereocenters. The molecule has 6 heteroatoms. The summed E-state index contributed by atoms with van der Waals surface area (Å²) in [6, 6.07) is 16.4.